The zero-order valence-corrected chi connectivity index (χ0v) is 15.0. The molecule has 2 aromatic heterocycles. The molecule has 132 valence electrons. The lowest BCUT2D eigenvalue weighted by molar-refractivity contribution is -0.121. The van der Waals surface area contributed by atoms with Crippen molar-refractivity contribution in [2.75, 3.05) is 5.32 Å². The number of anilines is 1. The van der Waals surface area contributed by atoms with Gasteiger partial charge in [0.1, 0.15) is 0 Å². The summed E-state index contributed by atoms with van der Waals surface area (Å²) in [5.74, 6) is 1.62. The second-order valence-electron chi connectivity index (χ2n) is 7.83. The number of aromatic nitrogens is 2. The quantitative estimate of drug-likeness (QED) is 0.749. The molecule has 1 N–H and O–H groups in total. The molecule has 0 unspecified atom stereocenters. The summed E-state index contributed by atoms with van der Waals surface area (Å²) >= 11 is 0. The lowest BCUT2D eigenvalue weighted by Gasteiger charge is -2.16. The average molecular weight is 345 g/mol. The zero-order chi connectivity index (χ0) is 17.7. The molecule has 1 aromatic carbocycles. The van der Waals surface area contributed by atoms with Crippen molar-refractivity contribution in [1.82, 2.24) is 9.38 Å². The van der Waals surface area contributed by atoms with Gasteiger partial charge >= 0.3 is 0 Å². The molecule has 0 radical (unpaired) electrons. The Kier molecular flexibility index (Phi) is 3.59. The molecule has 4 nitrogen and oxygen atoms in total. The highest BCUT2D eigenvalue weighted by molar-refractivity contribution is 5.94. The predicted octanol–water partition coefficient (Wildman–Crippen LogP) is 4.68. The van der Waals surface area contributed by atoms with Crippen LogP contribution in [0, 0.1) is 24.7 Å². The Labute approximate surface area is 153 Å². The van der Waals surface area contributed by atoms with Gasteiger partial charge in [-0.2, -0.15) is 0 Å². The highest BCUT2D eigenvalue weighted by atomic mass is 16.1. The van der Waals surface area contributed by atoms with Gasteiger partial charge in [-0.05, 0) is 74.3 Å². The SMILES string of the molecule is Cc1ccc(NC(=O)C2C3CCC2CC3)cc1-c1cn2cccc2cn1. The Bertz CT molecular complexity index is 970. The van der Waals surface area contributed by atoms with Gasteiger partial charge in [0.2, 0.25) is 5.91 Å². The fourth-order valence-corrected chi connectivity index (χ4v) is 4.95. The van der Waals surface area contributed by atoms with E-state index < -0.39 is 0 Å². The molecule has 2 fully saturated rings. The number of aryl methyl sites for hydroxylation is 1. The minimum Gasteiger partial charge on any atom is -0.326 e. The van der Waals surface area contributed by atoms with Crippen molar-refractivity contribution in [2.24, 2.45) is 17.8 Å². The van der Waals surface area contributed by atoms with Gasteiger partial charge in [0.15, 0.2) is 0 Å². The zero-order valence-electron chi connectivity index (χ0n) is 15.0. The van der Waals surface area contributed by atoms with Gasteiger partial charge in [-0.15, -0.1) is 0 Å². The Hall–Kier alpha value is -2.62. The Morgan fingerprint density at radius 1 is 1.15 bits per heavy atom. The number of carbonyl (C=O) groups is 1. The summed E-state index contributed by atoms with van der Waals surface area (Å²) < 4.78 is 2.07. The fourth-order valence-electron chi connectivity index (χ4n) is 4.95. The molecule has 3 aromatic rings. The smallest absolute Gasteiger partial charge is 0.228 e. The molecule has 2 aliphatic rings. The van der Waals surface area contributed by atoms with Gasteiger partial charge in [-0.3, -0.25) is 9.78 Å². The van der Waals surface area contributed by atoms with E-state index in [0.717, 1.165) is 28.0 Å². The van der Waals surface area contributed by atoms with Crippen LogP contribution in [0.4, 0.5) is 5.69 Å². The van der Waals surface area contributed by atoms with E-state index in [1.807, 2.05) is 36.8 Å². The van der Waals surface area contributed by atoms with Gasteiger partial charge in [-0.25, -0.2) is 0 Å². The third-order valence-electron chi connectivity index (χ3n) is 6.33. The number of fused-ring (bicyclic) bond motifs is 3. The minimum absolute atomic E-state index is 0.207. The van der Waals surface area contributed by atoms with E-state index in [0.29, 0.717) is 11.8 Å². The molecule has 0 saturated heterocycles. The number of hydrogen-bond donors (Lipinski definition) is 1. The van der Waals surface area contributed by atoms with Gasteiger partial charge in [-0.1, -0.05) is 6.07 Å². The first-order chi connectivity index (χ1) is 12.7. The number of rotatable bonds is 3. The van der Waals surface area contributed by atoms with E-state index in [9.17, 15) is 4.79 Å². The number of carbonyl (C=O) groups excluding carboxylic acids is 1. The number of hydrogen-bond acceptors (Lipinski definition) is 2. The molecule has 0 aliphatic heterocycles. The number of nitrogens with zero attached hydrogens (tertiary/aromatic N) is 2. The van der Waals surface area contributed by atoms with Crippen molar-refractivity contribution in [3.8, 4) is 11.3 Å². The van der Waals surface area contributed by atoms with E-state index in [1.54, 1.807) is 0 Å². The fraction of sp³-hybridized carbons (Fsp3) is 0.364. The van der Waals surface area contributed by atoms with Crippen molar-refractivity contribution in [1.29, 1.82) is 0 Å². The van der Waals surface area contributed by atoms with Gasteiger partial charge in [0, 0.05) is 29.6 Å². The number of nitrogens with one attached hydrogen (secondary N) is 1. The standard InChI is InChI=1S/C22H23N3O/c1-14-4-9-17(24-22(26)21-15-5-6-16(21)8-7-15)11-19(14)20-13-25-10-2-3-18(25)12-23-20/h2-4,9-13,15-16,21H,5-8H2,1H3,(H,24,26). The Morgan fingerprint density at radius 2 is 1.92 bits per heavy atom. The molecule has 2 aliphatic carbocycles. The lowest BCUT2D eigenvalue weighted by Crippen LogP contribution is -2.26. The molecule has 5 rings (SSSR count). The molecule has 0 spiro atoms. The monoisotopic (exact) mass is 345 g/mol. The van der Waals surface area contributed by atoms with Crippen LogP contribution in [-0.2, 0) is 4.79 Å². The largest absolute Gasteiger partial charge is 0.326 e. The normalized spacial score (nSPS) is 24.3. The van der Waals surface area contributed by atoms with Crippen LogP contribution in [0.15, 0.2) is 48.9 Å². The van der Waals surface area contributed by atoms with E-state index in [4.69, 9.17) is 0 Å². The highest BCUT2D eigenvalue weighted by Gasteiger charge is 2.45. The molecular weight excluding hydrogens is 322 g/mol. The third kappa shape index (κ3) is 2.52. The predicted molar refractivity (Wildman–Crippen MR) is 103 cm³/mol. The minimum atomic E-state index is 0.207. The Balaban J connectivity index is 1.44. The summed E-state index contributed by atoms with van der Waals surface area (Å²) in [5.41, 5.74) is 5.09. The molecule has 26 heavy (non-hydrogen) atoms. The van der Waals surface area contributed by atoms with Crippen molar-refractivity contribution in [2.45, 2.75) is 32.6 Å². The van der Waals surface area contributed by atoms with Crippen LogP contribution in [0.1, 0.15) is 31.2 Å². The lowest BCUT2D eigenvalue weighted by atomic mass is 9.96. The van der Waals surface area contributed by atoms with Crippen LogP contribution < -0.4 is 5.32 Å². The van der Waals surface area contributed by atoms with Crippen LogP contribution in [0.25, 0.3) is 16.8 Å². The molecule has 1 amide bonds. The maximum Gasteiger partial charge on any atom is 0.228 e. The maximum absolute atomic E-state index is 12.8. The number of amides is 1. The highest BCUT2D eigenvalue weighted by Crippen LogP contribution is 2.49. The first-order valence-corrected chi connectivity index (χ1v) is 9.53. The van der Waals surface area contributed by atoms with Crippen LogP contribution in [0.2, 0.25) is 0 Å². The summed E-state index contributed by atoms with van der Waals surface area (Å²) in [5, 5.41) is 3.18. The Morgan fingerprint density at radius 3 is 2.69 bits per heavy atom. The van der Waals surface area contributed by atoms with E-state index >= 15 is 0 Å². The third-order valence-corrected chi connectivity index (χ3v) is 6.33. The molecule has 2 bridgehead atoms. The topological polar surface area (TPSA) is 46.4 Å². The molecular formula is C22H23N3O. The maximum atomic E-state index is 12.8. The second kappa shape index (κ2) is 5.97. The molecule has 4 heteroatoms. The van der Waals surface area contributed by atoms with E-state index in [1.165, 1.54) is 25.7 Å². The molecule has 2 heterocycles. The van der Waals surface area contributed by atoms with Gasteiger partial charge < -0.3 is 9.72 Å². The van der Waals surface area contributed by atoms with Crippen molar-refractivity contribution in [3.05, 3.63) is 54.5 Å². The molecule has 0 atom stereocenters. The van der Waals surface area contributed by atoms with Gasteiger partial charge in [0.25, 0.3) is 0 Å². The number of benzene rings is 1. The summed E-state index contributed by atoms with van der Waals surface area (Å²) in [7, 11) is 0. The molecule has 2 saturated carbocycles. The van der Waals surface area contributed by atoms with Crippen molar-refractivity contribution >= 4 is 17.1 Å². The first kappa shape index (κ1) is 15.6. The summed E-state index contributed by atoms with van der Waals surface area (Å²) in [6.07, 6.45) is 10.9. The van der Waals surface area contributed by atoms with Crippen molar-refractivity contribution < 1.29 is 4.79 Å². The summed E-state index contributed by atoms with van der Waals surface area (Å²) in [4.78, 5) is 17.4. The van der Waals surface area contributed by atoms with Gasteiger partial charge in [0.05, 0.1) is 17.4 Å². The van der Waals surface area contributed by atoms with E-state index in [2.05, 4.69) is 33.8 Å². The first-order valence-electron chi connectivity index (χ1n) is 9.53. The summed E-state index contributed by atoms with van der Waals surface area (Å²) in [6, 6.07) is 10.2. The van der Waals surface area contributed by atoms with Crippen LogP contribution >= 0.6 is 0 Å². The summed E-state index contributed by atoms with van der Waals surface area (Å²) in [6.45, 7) is 2.08. The average Bonchev–Trinajstić information content (AvgIpc) is 3.38. The van der Waals surface area contributed by atoms with Crippen LogP contribution in [0.3, 0.4) is 0 Å². The second-order valence-corrected chi connectivity index (χ2v) is 7.83. The van der Waals surface area contributed by atoms with Crippen LogP contribution in [-0.4, -0.2) is 15.3 Å². The van der Waals surface area contributed by atoms with Crippen LogP contribution in [0.5, 0.6) is 0 Å². The van der Waals surface area contributed by atoms with E-state index in [-0.39, 0.29) is 11.8 Å². The van der Waals surface area contributed by atoms with Crippen molar-refractivity contribution in [3.63, 3.8) is 0 Å².